The monoisotopic (exact) mass is 455 g/mol. The summed E-state index contributed by atoms with van der Waals surface area (Å²) < 4.78 is 16.8. The molecular formula is C28H41NO4. The van der Waals surface area contributed by atoms with E-state index in [-0.39, 0.29) is 29.1 Å². The molecule has 5 nitrogen and oxygen atoms in total. The van der Waals surface area contributed by atoms with Gasteiger partial charge in [-0.05, 0) is 54.7 Å². The molecule has 1 saturated heterocycles. The minimum absolute atomic E-state index is 0.0861. The highest BCUT2D eigenvalue weighted by molar-refractivity contribution is 5.41. The molecule has 33 heavy (non-hydrogen) atoms. The molecule has 5 heteroatoms. The van der Waals surface area contributed by atoms with E-state index >= 15 is 0 Å². The van der Waals surface area contributed by atoms with E-state index in [4.69, 9.17) is 14.2 Å². The zero-order valence-electron chi connectivity index (χ0n) is 21.3. The van der Waals surface area contributed by atoms with Crippen LogP contribution < -0.4 is 14.8 Å². The van der Waals surface area contributed by atoms with Crippen molar-refractivity contribution in [1.29, 1.82) is 0 Å². The third-order valence-corrected chi connectivity index (χ3v) is 7.09. The van der Waals surface area contributed by atoms with E-state index in [1.807, 2.05) is 24.3 Å². The Labute approximate surface area is 199 Å². The molecule has 0 spiro atoms. The lowest BCUT2D eigenvalue weighted by Crippen LogP contribution is -2.52. The molecule has 0 radical (unpaired) electrons. The standard InChI is InChI=1S/C28H41NO4/c1-26(2,3)28(6,7)29-16-22(30)17-31-23-12-8-20(9-13-23)27(4,5)21-10-14-24(15-11-21)32-18-25-19-33-25/h8-15,22,25,29-30H,16-19H2,1-7H3. The quantitative estimate of drug-likeness (QED) is 0.470. The molecule has 182 valence electrons. The third kappa shape index (κ3) is 6.95. The first kappa shape index (κ1) is 25.5. The summed E-state index contributed by atoms with van der Waals surface area (Å²) in [5, 5.41) is 13.8. The summed E-state index contributed by atoms with van der Waals surface area (Å²) in [5.41, 5.74) is 2.27. The van der Waals surface area contributed by atoms with Crippen LogP contribution in [0.25, 0.3) is 0 Å². The first-order valence-corrected chi connectivity index (χ1v) is 11.9. The Balaban J connectivity index is 1.52. The van der Waals surface area contributed by atoms with E-state index in [1.54, 1.807) is 0 Å². The number of benzene rings is 2. The lowest BCUT2D eigenvalue weighted by Gasteiger charge is -2.40. The van der Waals surface area contributed by atoms with E-state index in [0.29, 0.717) is 13.2 Å². The van der Waals surface area contributed by atoms with Gasteiger partial charge in [-0.1, -0.05) is 58.9 Å². The van der Waals surface area contributed by atoms with Crippen molar-refractivity contribution in [2.45, 2.75) is 71.6 Å². The fourth-order valence-electron chi connectivity index (χ4n) is 3.35. The highest BCUT2D eigenvalue weighted by Crippen LogP contribution is 2.33. The SMILES string of the molecule is CC(C)(c1ccc(OCC(O)CNC(C)(C)C(C)(C)C)cc1)c1ccc(OCC2CO2)cc1. The molecule has 1 heterocycles. The number of epoxide rings is 1. The largest absolute Gasteiger partial charge is 0.491 e. The second kappa shape index (κ2) is 10.0. The number of aliphatic hydroxyl groups is 1. The summed E-state index contributed by atoms with van der Waals surface area (Å²) in [6.07, 6.45) is -0.315. The number of nitrogens with one attached hydrogen (secondary N) is 1. The van der Waals surface area contributed by atoms with Crippen LogP contribution in [0.1, 0.15) is 59.6 Å². The summed E-state index contributed by atoms with van der Waals surface area (Å²) in [6.45, 7) is 17.5. The summed E-state index contributed by atoms with van der Waals surface area (Å²) >= 11 is 0. The number of ether oxygens (including phenoxy) is 3. The minimum atomic E-state index is -0.574. The van der Waals surface area contributed by atoms with Crippen LogP contribution in [0.2, 0.25) is 0 Å². The molecule has 2 aromatic rings. The van der Waals surface area contributed by atoms with Crippen molar-refractivity contribution in [3.63, 3.8) is 0 Å². The molecule has 0 amide bonds. The molecular weight excluding hydrogens is 414 g/mol. The Morgan fingerprint density at radius 2 is 1.36 bits per heavy atom. The number of aliphatic hydroxyl groups excluding tert-OH is 1. The Kier molecular flexibility index (Phi) is 7.77. The van der Waals surface area contributed by atoms with Crippen molar-refractivity contribution in [3.05, 3.63) is 59.7 Å². The molecule has 1 aliphatic heterocycles. The summed E-state index contributed by atoms with van der Waals surface area (Å²) in [6, 6.07) is 16.4. The van der Waals surface area contributed by atoms with Crippen LogP contribution >= 0.6 is 0 Å². The van der Waals surface area contributed by atoms with Gasteiger partial charge in [0, 0.05) is 17.5 Å². The first-order chi connectivity index (χ1) is 15.4. The lowest BCUT2D eigenvalue weighted by atomic mass is 9.76. The average Bonchev–Trinajstić information content (AvgIpc) is 3.59. The van der Waals surface area contributed by atoms with Gasteiger partial charge in [-0.2, -0.15) is 0 Å². The van der Waals surface area contributed by atoms with Crippen LogP contribution in [0.4, 0.5) is 0 Å². The van der Waals surface area contributed by atoms with Gasteiger partial charge in [-0.15, -0.1) is 0 Å². The fourth-order valence-corrected chi connectivity index (χ4v) is 3.35. The topological polar surface area (TPSA) is 63.2 Å². The summed E-state index contributed by atoms with van der Waals surface area (Å²) in [5.74, 6) is 1.63. The second-order valence-electron chi connectivity index (χ2n) is 11.2. The van der Waals surface area contributed by atoms with Crippen LogP contribution in [0.5, 0.6) is 11.5 Å². The second-order valence-corrected chi connectivity index (χ2v) is 11.2. The summed E-state index contributed by atoms with van der Waals surface area (Å²) in [4.78, 5) is 0. The zero-order valence-corrected chi connectivity index (χ0v) is 21.3. The van der Waals surface area contributed by atoms with Gasteiger partial charge in [-0.3, -0.25) is 0 Å². The van der Waals surface area contributed by atoms with Crippen molar-refractivity contribution in [2.75, 3.05) is 26.4 Å². The lowest BCUT2D eigenvalue weighted by molar-refractivity contribution is 0.0831. The highest BCUT2D eigenvalue weighted by atomic mass is 16.6. The Morgan fingerprint density at radius 3 is 1.82 bits per heavy atom. The van der Waals surface area contributed by atoms with Crippen molar-refractivity contribution in [1.82, 2.24) is 5.32 Å². The van der Waals surface area contributed by atoms with E-state index in [2.05, 4.69) is 78.0 Å². The number of hydrogen-bond donors (Lipinski definition) is 2. The van der Waals surface area contributed by atoms with Crippen LogP contribution in [-0.2, 0) is 10.2 Å². The molecule has 2 N–H and O–H groups in total. The predicted octanol–water partition coefficient (Wildman–Crippen LogP) is 4.94. The van der Waals surface area contributed by atoms with E-state index < -0.39 is 6.10 Å². The predicted molar refractivity (Wildman–Crippen MR) is 133 cm³/mol. The molecule has 0 bridgehead atoms. The van der Waals surface area contributed by atoms with Crippen LogP contribution in [-0.4, -0.2) is 49.2 Å². The molecule has 0 saturated carbocycles. The fraction of sp³-hybridized carbons (Fsp3) is 0.571. The van der Waals surface area contributed by atoms with Crippen molar-refractivity contribution < 1.29 is 19.3 Å². The normalized spacial score (nSPS) is 17.5. The Hall–Kier alpha value is -2.08. The van der Waals surface area contributed by atoms with Gasteiger partial charge >= 0.3 is 0 Å². The molecule has 3 rings (SSSR count). The van der Waals surface area contributed by atoms with Gasteiger partial charge in [0.25, 0.3) is 0 Å². The smallest absolute Gasteiger partial charge is 0.119 e. The van der Waals surface area contributed by atoms with Gasteiger partial charge in [0.2, 0.25) is 0 Å². The van der Waals surface area contributed by atoms with Crippen LogP contribution in [0.15, 0.2) is 48.5 Å². The molecule has 2 atom stereocenters. The van der Waals surface area contributed by atoms with Gasteiger partial charge in [0.15, 0.2) is 0 Å². The molecule has 1 aliphatic rings. The van der Waals surface area contributed by atoms with Crippen LogP contribution in [0, 0.1) is 5.41 Å². The number of β-amino-alcohol motifs (C(OH)–C–C–N with tert-alkyl or cyclic N) is 1. The molecule has 0 aromatic heterocycles. The van der Waals surface area contributed by atoms with E-state index in [9.17, 15) is 5.11 Å². The molecule has 2 unspecified atom stereocenters. The van der Waals surface area contributed by atoms with Crippen molar-refractivity contribution >= 4 is 0 Å². The van der Waals surface area contributed by atoms with Gasteiger partial charge in [-0.25, -0.2) is 0 Å². The van der Waals surface area contributed by atoms with E-state index in [1.165, 1.54) is 11.1 Å². The molecule has 2 aromatic carbocycles. The minimum Gasteiger partial charge on any atom is -0.491 e. The first-order valence-electron chi connectivity index (χ1n) is 11.9. The highest BCUT2D eigenvalue weighted by Gasteiger charge is 2.32. The average molecular weight is 456 g/mol. The van der Waals surface area contributed by atoms with Gasteiger partial charge in [0.1, 0.15) is 36.9 Å². The maximum atomic E-state index is 10.4. The number of hydrogen-bond acceptors (Lipinski definition) is 5. The van der Waals surface area contributed by atoms with Gasteiger partial charge < -0.3 is 24.6 Å². The Morgan fingerprint density at radius 1 is 0.879 bits per heavy atom. The molecule has 0 aliphatic carbocycles. The summed E-state index contributed by atoms with van der Waals surface area (Å²) in [7, 11) is 0. The number of rotatable bonds is 11. The maximum absolute atomic E-state index is 10.4. The van der Waals surface area contributed by atoms with Crippen LogP contribution in [0.3, 0.4) is 0 Å². The third-order valence-electron chi connectivity index (χ3n) is 7.09. The van der Waals surface area contributed by atoms with E-state index in [0.717, 1.165) is 18.1 Å². The Bertz CT molecular complexity index is 878. The van der Waals surface area contributed by atoms with Crippen molar-refractivity contribution in [3.8, 4) is 11.5 Å². The molecule has 1 fully saturated rings. The van der Waals surface area contributed by atoms with Gasteiger partial charge in [0.05, 0.1) is 6.61 Å². The van der Waals surface area contributed by atoms with Crippen molar-refractivity contribution in [2.24, 2.45) is 5.41 Å². The maximum Gasteiger partial charge on any atom is 0.119 e. The zero-order chi connectivity index (χ0) is 24.3.